The monoisotopic (exact) mass is 312 g/mol. The van der Waals surface area contributed by atoms with Crippen molar-refractivity contribution in [2.75, 3.05) is 13.1 Å². The van der Waals surface area contributed by atoms with E-state index in [0.717, 1.165) is 31.4 Å². The highest BCUT2D eigenvalue weighted by atomic mass is 16.2. The number of nitrogens with zero attached hydrogens (tertiary/aromatic N) is 2. The summed E-state index contributed by atoms with van der Waals surface area (Å²) in [7, 11) is 0. The smallest absolute Gasteiger partial charge is 0.246 e. The van der Waals surface area contributed by atoms with Crippen molar-refractivity contribution in [2.24, 2.45) is 5.92 Å². The summed E-state index contributed by atoms with van der Waals surface area (Å²) in [6.45, 7) is 7.54. The molecule has 0 aliphatic heterocycles. The van der Waals surface area contributed by atoms with Crippen LogP contribution in [0.25, 0.3) is 0 Å². The van der Waals surface area contributed by atoms with E-state index in [1.165, 1.54) is 5.56 Å². The Morgan fingerprint density at radius 1 is 1.26 bits per heavy atom. The summed E-state index contributed by atoms with van der Waals surface area (Å²) in [5.41, 5.74) is 2.37. The molecule has 0 saturated carbocycles. The van der Waals surface area contributed by atoms with Crippen molar-refractivity contribution in [3.63, 3.8) is 0 Å². The maximum absolute atomic E-state index is 12.4. The standard InChI is InChI=1S/C20H28N2O/c1-17(2)12-15-22(14-7-13-21)20(23)16-18(3)10-11-19-8-5-4-6-9-19/h4-6,8-9,16-17H,7,10-12,14-15H2,1-3H3/b18-16-. The Labute approximate surface area is 140 Å². The second-order valence-electron chi connectivity index (χ2n) is 6.39. The Morgan fingerprint density at radius 3 is 2.57 bits per heavy atom. The third kappa shape index (κ3) is 8.21. The highest BCUT2D eigenvalue weighted by Crippen LogP contribution is 2.10. The first-order valence-corrected chi connectivity index (χ1v) is 8.40. The third-order valence-corrected chi connectivity index (χ3v) is 3.80. The molecule has 1 aromatic carbocycles. The largest absolute Gasteiger partial charge is 0.338 e. The number of hydrogen-bond acceptors (Lipinski definition) is 2. The van der Waals surface area contributed by atoms with Crippen LogP contribution in [0.5, 0.6) is 0 Å². The zero-order valence-corrected chi connectivity index (χ0v) is 14.6. The first-order chi connectivity index (χ1) is 11.0. The summed E-state index contributed by atoms with van der Waals surface area (Å²) >= 11 is 0. The molecule has 0 unspecified atom stereocenters. The first-order valence-electron chi connectivity index (χ1n) is 8.40. The second kappa shape index (κ2) is 10.6. The summed E-state index contributed by atoms with van der Waals surface area (Å²) in [4.78, 5) is 14.2. The molecule has 0 aliphatic rings. The second-order valence-corrected chi connectivity index (χ2v) is 6.39. The van der Waals surface area contributed by atoms with Gasteiger partial charge in [0.1, 0.15) is 0 Å². The fraction of sp³-hybridized carbons (Fsp3) is 0.500. The van der Waals surface area contributed by atoms with E-state index in [9.17, 15) is 4.79 Å². The van der Waals surface area contributed by atoms with E-state index in [1.54, 1.807) is 11.0 Å². The molecular formula is C20H28N2O. The van der Waals surface area contributed by atoms with E-state index in [1.807, 2.05) is 25.1 Å². The topological polar surface area (TPSA) is 44.1 Å². The molecular weight excluding hydrogens is 284 g/mol. The summed E-state index contributed by atoms with van der Waals surface area (Å²) in [5.74, 6) is 0.585. The number of aryl methyl sites for hydroxylation is 1. The minimum atomic E-state index is 0.0338. The van der Waals surface area contributed by atoms with Crippen molar-refractivity contribution >= 4 is 5.91 Å². The van der Waals surface area contributed by atoms with Crippen LogP contribution >= 0.6 is 0 Å². The lowest BCUT2D eigenvalue weighted by atomic mass is 10.1. The van der Waals surface area contributed by atoms with Crippen molar-refractivity contribution in [1.82, 2.24) is 4.90 Å². The van der Waals surface area contributed by atoms with Crippen molar-refractivity contribution in [3.8, 4) is 6.07 Å². The van der Waals surface area contributed by atoms with Gasteiger partial charge in [0, 0.05) is 19.2 Å². The molecule has 3 heteroatoms. The number of benzene rings is 1. The van der Waals surface area contributed by atoms with Gasteiger partial charge in [-0.05, 0) is 37.7 Å². The summed E-state index contributed by atoms with van der Waals surface area (Å²) in [6, 6.07) is 12.4. The summed E-state index contributed by atoms with van der Waals surface area (Å²) in [5, 5.41) is 8.76. The molecule has 1 amide bonds. The van der Waals surface area contributed by atoms with Crippen LogP contribution in [0.15, 0.2) is 42.0 Å². The predicted molar refractivity (Wildman–Crippen MR) is 94.8 cm³/mol. The number of amides is 1. The normalized spacial score (nSPS) is 11.3. The Morgan fingerprint density at radius 2 is 1.96 bits per heavy atom. The highest BCUT2D eigenvalue weighted by molar-refractivity contribution is 5.88. The molecule has 0 atom stereocenters. The molecule has 1 aromatic rings. The van der Waals surface area contributed by atoms with Gasteiger partial charge >= 0.3 is 0 Å². The van der Waals surface area contributed by atoms with E-state index in [-0.39, 0.29) is 5.91 Å². The summed E-state index contributed by atoms with van der Waals surface area (Å²) in [6.07, 6.45) is 4.92. The van der Waals surface area contributed by atoms with Crippen LogP contribution in [0.2, 0.25) is 0 Å². The Hall–Kier alpha value is -2.08. The molecule has 0 bridgehead atoms. The van der Waals surface area contributed by atoms with Crippen molar-refractivity contribution in [3.05, 3.63) is 47.5 Å². The number of rotatable bonds is 9. The Bertz CT molecular complexity index is 541. The molecule has 0 aromatic heterocycles. The minimum absolute atomic E-state index is 0.0338. The highest BCUT2D eigenvalue weighted by Gasteiger charge is 2.11. The molecule has 1 rings (SSSR count). The lowest BCUT2D eigenvalue weighted by molar-refractivity contribution is -0.126. The van der Waals surface area contributed by atoms with Gasteiger partial charge in [0.05, 0.1) is 12.5 Å². The van der Waals surface area contributed by atoms with E-state index in [4.69, 9.17) is 5.26 Å². The molecule has 0 radical (unpaired) electrons. The number of carbonyl (C=O) groups excluding carboxylic acids is 1. The molecule has 0 N–H and O–H groups in total. The van der Waals surface area contributed by atoms with Gasteiger partial charge in [-0.2, -0.15) is 5.26 Å². The van der Waals surface area contributed by atoms with Gasteiger partial charge in [0.2, 0.25) is 5.91 Å². The van der Waals surface area contributed by atoms with Gasteiger partial charge in [0.25, 0.3) is 0 Å². The van der Waals surface area contributed by atoms with Crippen molar-refractivity contribution < 1.29 is 4.79 Å². The van der Waals surface area contributed by atoms with Crippen molar-refractivity contribution in [2.45, 2.75) is 46.5 Å². The van der Waals surface area contributed by atoms with E-state index >= 15 is 0 Å². The molecule has 23 heavy (non-hydrogen) atoms. The zero-order chi connectivity index (χ0) is 17.1. The van der Waals surface area contributed by atoms with Gasteiger partial charge in [0.15, 0.2) is 0 Å². The molecule has 3 nitrogen and oxygen atoms in total. The van der Waals surface area contributed by atoms with Gasteiger partial charge < -0.3 is 4.90 Å². The molecule has 124 valence electrons. The molecule has 0 saturated heterocycles. The fourth-order valence-electron chi connectivity index (χ4n) is 2.29. The number of hydrogen-bond donors (Lipinski definition) is 0. The van der Waals surface area contributed by atoms with Crippen LogP contribution in [0.3, 0.4) is 0 Å². The van der Waals surface area contributed by atoms with Gasteiger partial charge in [-0.15, -0.1) is 0 Å². The fourth-order valence-corrected chi connectivity index (χ4v) is 2.29. The van der Waals surface area contributed by atoms with Gasteiger partial charge in [-0.1, -0.05) is 49.8 Å². The van der Waals surface area contributed by atoms with Crippen LogP contribution < -0.4 is 0 Å². The SMILES string of the molecule is C/C(=C/C(=O)N(CCC#N)CCC(C)C)CCc1ccccc1. The average Bonchev–Trinajstić information content (AvgIpc) is 2.53. The average molecular weight is 312 g/mol. The van der Waals surface area contributed by atoms with Crippen LogP contribution in [0.1, 0.15) is 45.6 Å². The van der Waals surface area contributed by atoms with Gasteiger partial charge in [-0.25, -0.2) is 0 Å². The van der Waals surface area contributed by atoms with Crippen LogP contribution in [-0.2, 0) is 11.2 Å². The number of nitriles is 1. The Balaban J connectivity index is 2.57. The van der Waals surface area contributed by atoms with Crippen LogP contribution in [-0.4, -0.2) is 23.9 Å². The molecule has 0 heterocycles. The lowest BCUT2D eigenvalue weighted by Crippen LogP contribution is -2.32. The first kappa shape index (κ1) is 19.0. The molecule has 0 spiro atoms. The summed E-state index contributed by atoms with van der Waals surface area (Å²) < 4.78 is 0. The van der Waals surface area contributed by atoms with E-state index in [0.29, 0.717) is 18.9 Å². The lowest BCUT2D eigenvalue weighted by Gasteiger charge is -2.21. The van der Waals surface area contributed by atoms with Gasteiger partial charge in [-0.3, -0.25) is 4.79 Å². The molecule has 0 fully saturated rings. The van der Waals surface area contributed by atoms with E-state index in [2.05, 4.69) is 32.0 Å². The quantitative estimate of drug-likeness (QED) is 0.636. The van der Waals surface area contributed by atoms with E-state index < -0.39 is 0 Å². The van der Waals surface area contributed by atoms with Crippen LogP contribution in [0, 0.1) is 17.2 Å². The maximum atomic E-state index is 12.4. The number of allylic oxidation sites excluding steroid dienone is 1. The Kier molecular flexibility index (Phi) is 8.75. The van der Waals surface area contributed by atoms with Crippen LogP contribution in [0.4, 0.5) is 0 Å². The zero-order valence-electron chi connectivity index (χ0n) is 14.6. The number of carbonyl (C=O) groups is 1. The van der Waals surface area contributed by atoms with Crippen molar-refractivity contribution in [1.29, 1.82) is 5.26 Å². The third-order valence-electron chi connectivity index (χ3n) is 3.80. The molecule has 0 aliphatic carbocycles. The minimum Gasteiger partial charge on any atom is -0.338 e. The maximum Gasteiger partial charge on any atom is 0.246 e. The predicted octanol–water partition coefficient (Wildman–Crippen LogP) is 4.35.